The van der Waals surface area contributed by atoms with Crippen LogP contribution in [0.2, 0.25) is 0 Å². The Kier molecular flexibility index (Phi) is 5.91. The van der Waals surface area contributed by atoms with Gasteiger partial charge in [0.05, 0.1) is 12.7 Å². The van der Waals surface area contributed by atoms with Crippen molar-refractivity contribution in [1.29, 1.82) is 0 Å². The summed E-state index contributed by atoms with van der Waals surface area (Å²) in [4.78, 5) is 14.7. The number of aromatic hydroxyl groups is 1. The second-order valence-electron chi connectivity index (χ2n) is 5.36. The maximum absolute atomic E-state index is 12.8. The largest absolute Gasteiger partial charge is 0.507 e. The third-order valence-electron chi connectivity index (χ3n) is 4.04. The van der Waals surface area contributed by atoms with E-state index >= 15 is 0 Å². The van der Waals surface area contributed by atoms with Crippen molar-refractivity contribution in [1.82, 2.24) is 4.90 Å². The van der Waals surface area contributed by atoms with Crippen molar-refractivity contribution >= 4 is 21.8 Å². The van der Waals surface area contributed by atoms with Crippen LogP contribution in [0, 0.1) is 0 Å². The molecule has 0 bridgehead atoms. The molecule has 1 aromatic carbocycles. The molecule has 1 aliphatic rings. The minimum atomic E-state index is -0.0958. The topological polar surface area (TPSA) is 49.8 Å². The van der Waals surface area contributed by atoms with Crippen molar-refractivity contribution in [3.8, 4) is 11.5 Å². The van der Waals surface area contributed by atoms with Crippen LogP contribution in [0.25, 0.3) is 0 Å². The summed E-state index contributed by atoms with van der Waals surface area (Å²) in [6.07, 6.45) is 5.70. The van der Waals surface area contributed by atoms with E-state index in [1.54, 1.807) is 12.1 Å². The molecule has 116 valence electrons. The minimum Gasteiger partial charge on any atom is -0.507 e. The fourth-order valence-corrected chi connectivity index (χ4v) is 3.29. The highest BCUT2D eigenvalue weighted by atomic mass is 79.9. The number of nitrogens with zero attached hydrogens (tertiary/aromatic N) is 1. The average Bonchev–Trinajstić information content (AvgIpc) is 2.52. The van der Waals surface area contributed by atoms with Crippen LogP contribution in [-0.2, 0) is 0 Å². The van der Waals surface area contributed by atoms with Crippen LogP contribution >= 0.6 is 15.9 Å². The molecule has 0 radical (unpaired) electrons. The summed E-state index contributed by atoms with van der Waals surface area (Å²) in [6, 6.07) is 5.12. The van der Waals surface area contributed by atoms with Crippen LogP contribution in [0.3, 0.4) is 0 Å². The monoisotopic (exact) mass is 355 g/mol. The van der Waals surface area contributed by atoms with Gasteiger partial charge in [0, 0.05) is 24.0 Å². The maximum Gasteiger partial charge on any atom is 0.257 e. The second-order valence-corrected chi connectivity index (χ2v) is 6.16. The Hall–Kier alpha value is -1.23. The molecular weight excluding hydrogens is 334 g/mol. The fourth-order valence-electron chi connectivity index (χ4n) is 2.91. The van der Waals surface area contributed by atoms with E-state index in [1.165, 1.54) is 32.4 Å². The van der Waals surface area contributed by atoms with Crippen molar-refractivity contribution in [2.24, 2.45) is 0 Å². The molecular formula is C16H22BrNO3. The average molecular weight is 356 g/mol. The van der Waals surface area contributed by atoms with Crippen LogP contribution in [0.1, 0.15) is 42.5 Å². The van der Waals surface area contributed by atoms with Gasteiger partial charge >= 0.3 is 0 Å². The first-order valence-corrected chi connectivity index (χ1v) is 8.53. The van der Waals surface area contributed by atoms with Gasteiger partial charge in [0.1, 0.15) is 11.5 Å². The van der Waals surface area contributed by atoms with Gasteiger partial charge in [-0.3, -0.25) is 4.79 Å². The number of carbonyl (C=O) groups is 1. The number of methoxy groups -OCH3 is 1. The zero-order valence-corrected chi connectivity index (χ0v) is 13.9. The molecule has 0 atom stereocenters. The Bertz CT molecular complexity index is 486. The zero-order valence-electron chi connectivity index (χ0n) is 12.3. The Morgan fingerprint density at radius 1 is 1.38 bits per heavy atom. The molecule has 0 aromatic heterocycles. The molecule has 4 nitrogen and oxygen atoms in total. The molecule has 1 saturated carbocycles. The Morgan fingerprint density at radius 2 is 2.10 bits per heavy atom. The number of rotatable bonds is 5. The Labute approximate surface area is 134 Å². The number of phenolic OH excluding ortho intramolecular Hbond substituents is 1. The Morgan fingerprint density at radius 3 is 2.67 bits per heavy atom. The fraction of sp³-hybridized carbons (Fsp3) is 0.562. The number of alkyl halides is 1. The normalized spacial score (nSPS) is 15.7. The SMILES string of the molecule is COc1ccc(C(=O)N(CCBr)C2CCCCC2)c(O)c1. The molecule has 1 N–H and O–H groups in total. The van der Waals surface area contributed by atoms with Gasteiger partial charge in [0.25, 0.3) is 5.91 Å². The van der Waals surface area contributed by atoms with Crippen LogP contribution in [0.15, 0.2) is 18.2 Å². The highest BCUT2D eigenvalue weighted by molar-refractivity contribution is 9.09. The molecule has 0 saturated heterocycles. The lowest BCUT2D eigenvalue weighted by Crippen LogP contribution is -2.42. The van der Waals surface area contributed by atoms with E-state index in [-0.39, 0.29) is 17.7 Å². The smallest absolute Gasteiger partial charge is 0.257 e. The summed E-state index contributed by atoms with van der Waals surface area (Å²) in [5.41, 5.74) is 0.349. The van der Waals surface area contributed by atoms with Crippen molar-refractivity contribution in [2.75, 3.05) is 19.0 Å². The van der Waals surface area contributed by atoms with E-state index in [1.807, 2.05) is 4.90 Å². The molecule has 2 rings (SSSR count). The first kappa shape index (κ1) is 16.1. The van der Waals surface area contributed by atoms with E-state index < -0.39 is 0 Å². The van der Waals surface area contributed by atoms with Crippen molar-refractivity contribution in [3.63, 3.8) is 0 Å². The summed E-state index contributed by atoms with van der Waals surface area (Å²) in [5, 5.41) is 10.8. The summed E-state index contributed by atoms with van der Waals surface area (Å²) < 4.78 is 5.06. The molecule has 21 heavy (non-hydrogen) atoms. The number of hydrogen-bond donors (Lipinski definition) is 1. The minimum absolute atomic E-state index is 0.0188. The maximum atomic E-state index is 12.8. The number of amides is 1. The van der Waals surface area contributed by atoms with E-state index in [0.29, 0.717) is 17.9 Å². The van der Waals surface area contributed by atoms with Crippen LogP contribution in [-0.4, -0.2) is 40.9 Å². The highest BCUT2D eigenvalue weighted by Crippen LogP contribution is 2.28. The van der Waals surface area contributed by atoms with Crippen molar-refractivity contribution in [3.05, 3.63) is 23.8 Å². The number of carbonyl (C=O) groups excluding carboxylic acids is 1. The summed E-state index contributed by atoms with van der Waals surface area (Å²) >= 11 is 3.42. The second kappa shape index (κ2) is 7.69. The van der Waals surface area contributed by atoms with Crippen LogP contribution in [0.5, 0.6) is 11.5 Å². The molecule has 1 aliphatic carbocycles. The van der Waals surface area contributed by atoms with Crippen molar-refractivity contribution in [2.45, 2.75) is 38.1 Å². The van der Waals surface area contributed by atoms with E-state index in [2.05, 4.69) is 15.9 Å². The molecule has 0 aliphatic heterocycles. The first-order valence-electron chi connectivity index (χ1n) is 7.41. The Balaban J connectivity index is 2.21. The van der Waals surface area contributed by atoms with E-state index in [9.17, 15) is 9.90 Å². The molecule has 5 heteroatoms. The molecule has 0 heterocycles. The predicted octanol–water partition coefficient (Wildman–Crippen LogP) is 3.57. The van der Waals surface area contributed by atoms with Crippen LogP contribution < -0.4 is 4.74 Å². The van der Waals surface area contributed by atoms with Gasteiger partial charge in [-0.1, -0.05) is 35.2 Å². The third kappa shape index (κ3) is 3.90. The standard InChI is InChI=1S/C16H22BrNO3/c1-21-13-7-8-14(15(19)11-13)16(20)18(10-9-17)12-5-3-2-4-6-12/h7-8,11-12,19H,2-6,9-10H2,1H3. The van der Waals surface area contributed by atoms with E-state index in [0.717, 1.165) is 18.2 Å². The highest BCUT2D eigenvalue weighted by Gasteiger charge is 2.27. The predicted molar refractivity (Wildman–Crippen MR) is 86.4 cm³/mol. The van der Waals surface area contributed by atoms with Gasteiger partial charge in [0.2, 0.25) is 0 Å². The van der Waals surface area contributed by atoms with E-state index in [4.69, 9.17) is 4.74 Å². The summed E-state index contributed by atoms with van der Waals surface area (Å²) in [7, 11) is 1.54. The van der Waals surface area contributed by atoms with Crippen molar-refractivity contribution < 1.29 is 14.6 Å². The molecule has 0 spiro atoms. The van der Waals surface area contributed by atoms with Gasteiger partial charge in [0.15, 0.2) is 0 Å². The lowest BCUT2D eigenvalue weighted by Gasteiger charge is -2.34. The third-order valence-corrected chi connectivity index (χ3v) is 4.39. The quantitative estimate of drug-likeness (QED) is 0.821. The number of halogens is 1. The number of ether oxygens (including phenoxy) is 1. The van der Waals surface area contributed by atoms with Gasteiger partial charge in [-0.25, -0.2) is 0 Å². The van der Waals surface area contributed by atoms with Gasteiger partial charge < -0.3 is 14.7 Å². The molecule has 1 fully saturated rings. The summed E-state index contributed by atoms with van der Waals surface area (Å²) in [5.74, 6) is 0.435. The van der Waals surface area contributed by atoms with Gasteiger partial charge in [-0.15, -0.1) is 0 Å². The molecule has 1 aromatic rings. The lowest BCUT2D eigenvalue weighted by molar-refractivity contribution is 0.0648. The lowest BCUT2D eigenvalue weighted by atomic mass is 9.93. The zero-order chi connectivity index (χ0) is 15.2. The molecule has 0 unspecified atom stereocenters. The number of hydrogen-bond acceptors (Lipinski definition) is 3. The van der Waals surface area contributed by atoms with Gasteiger partial charge in [-0.2, -0.15) is 0 Å². The molecule has 1 amide bonds. The first-order chi connectivity index (χ1) is 10.2. The number of benzene rings is 1. The van der Waals surface area contributed by atoms with Gasteiger partial charge in [-0.05, 0) is 25.0 Å². The van der Waals surface area contributed by atoms with Crippen LogP contribution in [0.4, 0.5) is 0 Å². The summed E-state index contributed by atoms with van der Waals surface area (Å²) in [6.45, 7) is 0.662. The number of phenols is 1.